The van der Waals surface area contributed by atoms with Crippen LogP contribution in [0, 0.1) is 0 Å². The average molecular weight is 186 g/mol. The molecular formula is C5H10BF3O3. The summed E-state index contributed by atoms with van der Waals surface area (Å²) in [6.07, 6.45) is -5.21. The summed E-state index contributed by atoms with van der Waals surface area (Å²) in [5.74, 6) is 0. The Bertz CT molecular complexity index is 115. The molecule has 0 bridgehead atoms. The van der Waals surface area contributed by atoms with Crippen molar-refractivity contribution in [2.75, 3.05) is 20.8 Å². The fraction of sp³-hybridized carbons (Fsp3) is 1.00. The van der Waals surface area contributed by atoms with Gasteiger partial charge in [-0.15, -0.1) is 0 Å². The molecule has 0 aromatic rings. The first-order valence-electron chi connectivity index (χ1n) is 3.23. The predicted octanol–water partition coefficient (Wildman–Crippen LogP) is 1.23. The van der Waals surface area contributed by atoms with Crippen LogP contribution in [0.25, 0.3) is 0 Å². The van der Waals surface area contributed by atoms with Crippen molar-refractivity contribution in [3.8, 4) is 0 Å². The quantitative estimate of drug-likeness (QED) is 0.604. The second-order valence-corrected chi connectivity index (χ2v) is 2.00. The maximum Gasteiger partial charge on any atom is 0.639 e. The molecular weight excluding hydrogens is 176 g/mol. The molecule has 0 N–H and O–H groups in total. The molecule has 0 spiro atoms. The molecule has 7 heteroatoms. The van der Waals surface area contributed by atoms with Gasteiger partial charge in [0.25, 0.3) is 0 Å². The van der Waals surface area contributed by atoms with Crippen LogP contribution < -0.4 is 0 Å². The molecule has 0 amide bonds. The molecule has 0 aromatic heterocycles. The van der Waals surface area contributed by atoms with E-state index in [0.717, 1.165) is 0 Å². The summed E-state index contributed by atoms with van der Waals surface area (Å²) in [7, 11) is 1.54. The predicted molar refractivity (Wildman–Crippen MR) is 36.4 cm³/mol. The Morgan fingerprint density at radius 1 is 1.17 bits per heavy atom. The van der Waals surface area contributed by atoms with Crippen molar-refractivity contribution >= 4 is 7.32 Å². The highest BCUT2D eigenvalue weighted by Crippen LogP contribution is 2.19. The van der Waals surface area contributed by atoms with E-state index in [-0.39, 0.29) is 0 Å². The Labute approximate surface area is 69.0 Å². The maximum atomic E-state index is 11.6. The van der Waals surface area contributed by atoms with Crippen LogP contribution in [0.4, 0.5) is 13.2 Å². The van der Waals surface area contributed by atoms with Crippen LogP contribution in [0.3, 0.4) is 0 Å². The number of rotatable bonds is 5. The summed E-state index contributed by atoms with van der Waals surface area (Å²) in [5.41, 5.74) is 0. The van der Waals surface area contributed by atoms with E-state index in [1.165, 1.54) is 14.2 Å². The lowest BCUT2D eigenvalue weighted by atomic mass is 10.2. The van der Waals surface area contributed by atoms with Gasteiger partial charge in [0.05, 0.1) is 6.42 Å². The minimum absolute atomic E-state index is 0.462. The van der Waals surface area contributed by atoms with Gasteiger partial charge >= 0.3 is 13.5 Å². The molecule has 0 aromatic carbocycles. The van der Waals surface area contributed by atoms with E-state index in [9.17, 15) is 13.2 Å². The third kappa shape index (κ3) is 6.45. The fourth-order valence-electron chi connectivity index (χ4n) is 0.503. The summed E-state index contributed by atoms with van der Waals surface area (Å²) in [4.78, 5) is 0. The molecule has 0 unspecified atom stereocenters. The lowest BCUT2D eigenvalue weighted by molar-refractivity contribution is -0.141. The van der Waals surface area contributed by atoms with Crippen LogP contribution in [-0.2, 0) is 14.0 Å². The molecule has 0 radical (unpaired) electrons. The van der Waals surface area contributed by atoms with Crippen LogP contribution in [0.2, 0.25) is 0 Å². The molecule has 0 fully saturated rings. The Balaban J connectivity index is 3.41. The van der Waals surface area contributed by atoms with E-state index < -0.39 is 26.5 Å². The number of alkyl halides is 3. The topological polar surface area (TPSA) is 27.7 Å². The first-order chi connectivity index (χ1) is 5.49. The zero-order chi connectivity index (χ0) is 9.61. The Morgan fingerprint density at radius 3 is 2.00 bits per heavy atom. The van der Waals surface area contributed by atoms with Gasteiger partial charge in [-0.05, 0) is 0 Å². The van der Waals surface area contributed by atoms with Gasteiger partial charge in [0, 0.05) is 20.8 Å². The molecule has 3 nitrogen and oxygen atoms in total. The van der Waals surface area contributed by atoms with Gasteiger partial charge in [0.15, 0.2) is 0 Å². The van der Waals surface area contributed by atoms with Gasteiger partial charge in [0.2, 0.25) is 0 Å². The van der Waals surface area contributed by atoms with E-state index in [1.807, 2.05) is 0 Å². The molecule has 0 aliphatic rings. The monoisotopic (exact) mass is 186 g/mol. The van der Waals surface area contributed by atoms with Crippen molar-refractivity contribution in [3.05, 3.63) is 0 Å². The summed E-state index contributed by atoms with van der Waals surface area (Å²) in [6, 6.07) is 0. The van der Waals surface area contributed by atoms with Gasteiger partial charge in [0.1, 0.15) is 0 Å². The minimum atomic E-state index is -4.20. The number of halogens is 3. The number of hydrogen-bond donors (Lipinski definition) is 0. The summed E-state index contributed by atoms with van der Waals surface area (Å²) >= 11 is 0. The maximum absolute atomic E-state index is 11.6. The minimum Gasteiger partial charge on any atom is -0.389 e. The number of hydrogen-bond acceptors (Lipinski definition) is 3. The highest BCUT2D eigenvalue weighted by atomic mass is 19.4. The van der Waals surface area contributed by atoms with Crippen LogP contribution in [-0.4, -0.2) is 34.3 Å². The van der Waals surface area contributed by atoms with E-state index >= 15 is 0 Å². The van der Waals surface area contributed by atoms with Gasteiger partial charge in [-0.25, -0.2) is 0 Å². The van der Waals surface area contributed by atoms with Gasteiger partial charge in [-0.1, -0.05) is 0 Å². The van der Waals surface area contributed by atoms with Crippen molar-refractivity contribution in [3.63, 3.8) is 0 Å². The molecule has 0 saturated carbocycles. The molecule has 12 heavy (non-hydrogen) atoms. The first-order valence-corrected chi connectivity index (χ1v) is 3.23. The third-order valence-electron chi connectivity index (χ3n) is 1.02. The average Bonchev–Trinajstić information content (AvgIpc) is 1.96. The Kier molecular flexibility index (Phi) is 5.27. The van der Waals surface area contributed by atoms with Crippen molar-refractivity contribution in [1.29, 1.82) is 0 Å². The van der Waals surface area contributed by atoms with Crippen LogP contribution in [0.5, 0.6) is 0 Å². The van der Waals surface area contributed by atoms with Crippen molar-refractivity contribution < 1.29 is 27.1 Å². The molecule has 72 valence electrons. The van der Waals surface area contributed by atoms with Gasteiger partial charge in [-0.2, -0.15) is 13.2 Å². The molecule has 0 atom stereocenters. The second kappa shape index (κ2) is 5.39. The smallest absolute Gasteiger partial charge is 0.389 e. The van der Waals surface area contributed by atoms with Gasteiger partial charge < -0.3 is 14.0 Å². The van der Waals surface area contributed by atoms with Gasteiger partial charge in [-0.3, -0.25) is 0 Å². The van der Waals surface area contributed by atoms with Crippen molar-refractivity contribution in [2.45, 2.75) is 12.6 Å². The highest BCUT2D eigenvalue weighted by Gasteiger charge is 2.28. The molecule has 0 saturated heterocycles. The molecule has 0 heterocycles. The second-order valence-electron chi connectivity index (χ2n) is 2.00. The van der Waals surface area contributed by atoms with E-state index in [1.54, 1.807) is 0 Å². The molecule has 0 rings (SSSR count). The van der Waals surface area contributed by atoms with Crippen LogP contribution in [0.15, 0.2) is 0 Å². The van der Waals surface area contributed by atoms with Crippen molar-refractivity contribution in [2.24, 2.45) is 0 Å². The Hall–Kier alpha value is -0.265. The summed E-state index contributed by atoms with van der Waals surface area (Å²) in [5, 5.41) is 0. The largest absolute Gasteiger partial charge is 0.639 e. The van der Waals surface area contributed by atoms with E-state index in [0.29, 0.717) is 0 Å². The molecule has 0 aliphatic heterocycles. The zero-order valence-electron chi connectivity index (χ0n) is 6.85. The lowest BCUT2D eigenvalue weighted by Crippen LogP contribution is -2.26. The first kappa shape index (κ1) is 11.7. The SMILES string of the molecule is COB(OC)OCCC(F)(F)F. The van der Waals surface area contributed by atoms with E-state index in [2.05, 4.69) is 14.0 Å². The summed E-state index contributed by atoms with van der Waals surface area (Å²) in [6.45, 7) is -0.462. The van der Waals surface area contributed by atoms with E-state index in [4.69, 9.17) is 0 Å². The zero-order valence-corrected chi connectivity index (χ0v) is 6.85. The fourth-order valence-corrected chi connectivity index (χ4v) is 0.503. The third-order valence-corrected chi connectivity index (χ3v) is 1.02. The van der Waals surface area contributed by atoms with Crippen LogP contribution >= 0.6 is 0 Å². The van der Waals surface area contributed by atoms with Crippen molar-refractivity contribution in [1.82, 2.24) is 0 Å². The Morgan fingerprint density at radius 2 is 1.67 bits per heavy atom. The highest BCUT2D eigenvalue weighted by molar-refractivity contribution is 6.36. The normalized spacial score (nSPS) is 11.8. The standard InChI is InChI=1S/C5H10BF3O3/c1-10-6(11-2)12-4-3-5(7,8)9/h3-4H2,1-2H3. The molecule has 0 aliphatic carbocycles. The lowest BCUT2D eigenvalue weighted by Gasteiger charge is -2.10. The van der Waals surface area contributed by atoms with Crippen LogP contribution in [0.1, 0.15) is 6.42 Å². The summed E-state index contributed by atoms with van der Waals surface area (Å²) < 4.78 is 48.2.